The molecule has 4 nitrogen and oxygen atoms in total. The lowest BCUT2D eigenvalue weighted by Gasteiger charge is -2.26. The Balaban J connectivity index is 4.21. The lowest BCUT2D eigenvalue weighted by molar-refractivity contribution is 0.0489. The minimum absolute atomic E-state index is 0.0900. The van der Waals surface area contributed by atoms with E-state index in [0.717, 1.165) is 6.54 Å². The van der Waals surface area contributed by atoms with Crippen molar-refractivity contribution < 1.29 is 9.53 Å². The summed E-state index contributed by atoms with van der Waals surface area (Å²) in [4.78, 5) is 11.7. The zero-order chi connectivity index (χ0) is 13.6. The predicted octanol–water partition coefficient (Wildman–Crippen LogP) is 2.53. The Morgan fingerprint density at radius 1 is 1.18 bits per heavy atom. The molecule has 0 aliphatic carbocycles. The molecule has 0 fully saturated rings. The molecular weight excluding hydrogens is 216 g/mol. The topological polar surface area (TPSA) is 50.4 Å². The lowest BCUT2D eigenvalue weighted by Crippen LogP contribution is -2.48. The molecule has 0 aliphatic rings. The fourth-order valence-electron chi connectivity index (χ4n) is 1.27. The van der Waals surface area contributed by atoms with Crippen LogP contribution < -0.4 is 10.6 Å². The Morgan fingerprint density at radius 2 is 1.71 bits per heavy atom. The van der Waals surface area contributed by atoms with Gasteiger partial charge in [-0.15, -0.1) is 0 Å². The number of carbonyl (C=O) groups is 1. The van der Waals surface area contributed by atoms with Crippen molar-refractivity contribution in [2.45, 2.75) is 66.2 Å². The van der Waals surface area contributed by atoms with Crippen LogP contribution >= 0.6 is 0 Å². The molecule has 4 heteroatoms. The summed E-state index contributed by atoms with van der Waals surface area (Å²) in [6, 6.07) is 0.504. The molecule has 0 unspecified atom stereocenters. The van der Waals surface area contributed by atoms with Crippen molar-refractivity contribution in [3.63, 3.8) is 0 Å². The first-order valence-electron chi connectivity index (χ1n) is 6.34. The van der Waals surface area contributed by atoms with Gasteiger partial charge in [-0.25, -0.2) is 4.79 Å². The highest BCUT2D eigenvalue weighted by atomic mass is 16.6. The minimum atomic E-state index is -0.447. The number of rotatable bonds is 5. The molecule has 0 radical (unpaired) electrons. The van der Waals surface area contributed by atoms with Crippen molar-refractivity contribution in [1.82, 2.24) is 10.6 Å². The van der Waals surface area contributed by atoms with Crippen LogP contribution in [-0.2, 0) is 4.74 Å². The largest absolute Gasteiger partial charge is 0.444 e. The van der Waals surface area contributed by atoms with Crippen molar-refractivity contribution in [2.24, 2.45) is 5.92 Å². The summed E-state index contributed by atoms with van der Waals surface area (Å²) < 4.78 is 5.25. The maximum absolute atomic E-state index is 11.7. The van der Waals surface area contributed by atoms with Gasteiger partial charge < -0.3 is 15.4 Å². The summed E-state index contributed by atoms with van der Waals surface area (Å²) in [5, 5.41) is 6.23. The van der Waals surface area contributed by atoms with E-state index < -0.39 is 5.60 Å². The number of hydrogen-bond acceptors (Lipinski definition) is 3. The molecule has 0 saturated carbocycles. The van der Waals surface area contributed by atoms with Gasteiger partial charge in [-0.2, -0.15) is 0 Å². The third-order valence-corrected chi connectivity index (χ3v) is 2.25. The van der Waals surface area contributed by atoms with Gasteiger partial charge in [0.05, 0.1) is 0 Å². The maximum atomic E-state index is 11.7. The standard InChI is InChI=1S/C13H28N2O2/c1-9(2)11(8-14-10(3)4)15-12(16)17-13(5,6)7/h9-11,14H,8H2,1-7H3,(H,15,16)/t11-/m1/s1. The molecule has 0 aromatic heterocycles. The molecule has 1 atom stereocenters. The van der Waals surface area contributed by atoms with Gasteiger partial charge >= 0.3 is 6.09 Å². The van der Waals surface area contributed by atoms with E-state index in [4.69, 9.17) is 4.74 Å². The van der Waals surface area contributed by atoms with E-state index in [1.807, 2.05) is 20.8 Å². The monoisotopic (exact) mass is 244 g/mol. The van der Waals surface area contributed by atoms with Gasteiger partial charge in [0.25, 0.3) is 0 Å². The van der Waals surface area contributed by atoms with Crippen molar-refractivity contribution >= 4 is 6.09 Å². The van der Waals surface area contributed by atoms with Crippen LogP contribution in [0.25, 0.3) is 0 Å². The van der Waals surface area contributed by atoms with Crippen LogP contribution in [0.4, 0.5) is 4.79 Å². The van der Waals surface area contributed by atoms with E-state index in [2.05, 4.69) is 38.3 Å². The minimum Gasteiger partial charge on any atom is -0.444 e. The molecule has 0 bridgehead atoms. The van der Waals surface area contributed by atoms with E-state index in [0.29, 0.717) is 12.0 Å². The first-order chi connectivity index (χ1) is 7.61. The molecule has 0 aromatic rings. The molecular formula is C13H28N2O2. The molecule has 1 amide bonds. The van der Waals surface area contributed by atoms with Gasteiger partial charge in [-0.3, -0.25) is 0 Å². The number of carbonyl (C=O) groups excluding carboxylic acids is 1. The Hall–Kier alpha value is -0.770. The van der Waals surface area contributed by atoms with Crippen molar-refractivity contribution in [1.29, 1.82) is 0 Å². The number of amides is 1. The van der Waals surface area contributed by atoms with Crippen LogP contribution in [0.15, 0.2) is 0 Å². The first-order valence-corrected chi connectivity index (χ1v) is 6.34. The summed E-state index contributed by atoms with van der Waals surface area (Å²) in [5.41, 5.74) is -0.447. The number of alkyl carbamates (subject to hydrolysis) is 1. The second-order valence-electron chi connectivity index (χ2n) is 6.06. The molecule has 102 valence electrons. The Labute approximate surface area is 105 Å². The fraction of sp³-hybridized carbons (Fsp3) is 0.923. The quantitative estimate of drug-likeness (QED) is 0.781. The van der Waals surface area contributed by atoms with Crippen LogP contribution in [0, 0.1) is 5.92 Å². The molecule has 2 N–H and O–H groups in total. The summed E-state index contributed by atoms with van der Waals surface area (Å²) in [6.07, 6.45) is -0.346. The Morgan fingerprint density at radius 3 is 2.06 bits per heavy atom. The second kappa shape index (κ2) is 6.84. The third kappa shape index (κ3) is 8.98. The van der Waals surface area contributed by atoms with Gasteiger partial charge in [-0.05, 0) is 26.7 Å². The number of hydrogen-bond donors (Lipinski definition) is 2. The molecule has 0 rings (SSSR count). The van der Waals surface area contributed by atoms with Gasteiger partial charge in [0.2, 0.25) is 0 Å². The van der Waals surface area contributed by atoms with Gasteiger partial charge in [0.1, 0.15) is 5.60 Å². The van der Waals surface area contributed by atoms with Crippen LogP contribution in [0.3, 0.4) is 0 Å². The second-order valence-corrected chi connectivity index (χ2v) is 6.06. The van der Waals surface area contributed by atoms with E-state index in [-0.39, 0.29) is 12.1 Å². The fourth-order valence-corrected chi connectivity index (χ4v) is 1.27. The average molecular weight is 244 g/mol. The summed E-state index contributed by atoms with van der Waals surface area (Å²) in [6.45, 7) is 14.7. The van der Waals surface area contributed by atoms with E-state index in [1.54, 1.807) is 0 Å². The smallest absolute Gasteiger partial charge is 0.407 e. The van der Waals surface area contributed by atoms with Crippen molar-refractivity contribution in [2.75, 3.05) is 6.54 Å². The zero-order valence-electron chi connectivity index (χ0n) is 12.3. The van der Waals surface area contributed by atoms with E-state index in [9.17, 15) is 4.79 Å². The normalized spacial score (nSPS) is 13.9. The highest BCUT2D eigenvalue weighted by molar-refractivity contribution is 5.68. The SMILES string of the molecule is CC(C)NC[C@@H](NC(=O)OC(C)(C)C)C(C)C. The van der Waals surface area contributed by atoms with Crippen molar-refractivity contribution in [3.8, 4) is 0 Å². The Bertz CT molecular complexity index is 232. The third-order valence-electron chi connectivity index (χ3n) is 2.25. The van der Waals surface area contributed by atoms with Gasteiger partial charge in [-0.1, -0.05) is 27.7 Å². The van der Waals surface area contributed by atoms with Crippen LogP contribution in [-0.4, -0.2) is 30.3 Å². The van der Waals surface area contributed by atoms with Crippen LogP contribution in [0.5, 0.6) is 0 Å². The summed E-state index contributed by atoms with van der Waals surface area (Å²) in [7, 11) is 0. The highest BCUT2D eigenvalue weighted by Crippen LogP contribution is 2.08. The highest BCUT2D eigenvalue weighted by Gasteiger charge is 2.21. The van der Waals surface area contributed by atoms with Crippen LogP contribution in [0.1, 0.15) is 48.5 Å². The molecule has 0 aliphatic heterocycles. The zero-order valence-corrected chi connectivity index (χ0v) is 12.3. The van der Waals surface area contributed by atoms with E-state index >= 15 is 0 Å². The van der Waals surface area contributed by atoms with Gasteiger partial charge in [0.15, 0.2) is 0 Å². The summed E-state index contributed by atoms with van der Waals surface area (Å²) >= 11 is 0. The molecule has 0 heterocycles. The lowest BCUT2D eigenvalue weighted by atomic mass is 10.0. The van der Waals surface area contributed by atoms with E-state index in [1.165, 1.54) is 0 Å². The maximum Gasteiger partial charge on any atom is 0.407 e. The van der Waals surface area contributed by atoms with Crippen LogP contribution in [0.2, 0.25) is 0 Å². The number of ether oxygens (including phenoxy) is 1. The number of nitrogens with one attached hydrogen (secondary N) is 2. The van der Waals surface area contributed by atoms with Crippen molar-refractivity contribution in [3.05, 3.63) is 0 Å². The molecule has 17 heavy (non-hydrogen) atoms. The Kier molecular flexibility index (Phi) is 6.53. The molecule has 0 spiro atoms. The molecule has 0 saturated heterocycles. The first kappa shape index (κ1) is 16.2. The summed E-state index contributed by atoms with van der Waals surface area (Å²) in [5.74, 6) is 0.369. The predicted molar refractivity (Wildman–Crippen MR) is 71.1 cm³/mol. The molecule has 0 aromatic carbocycles. The average Bonchev–Trinajstić information content (AvgIpc) is 2.08. The van der Waals surface area contributed by atoms with Gasteiger partial charge in [0, 0.05) is 18.6 Å².